The van der Waals surface area contributed by atoms with Crippen LogP contribution in [0.1, 0.15) is 60.2 Å². The summed E-state index contributed by atoms with van der Waals surface area (Å²) in [4.78, 5) is 52.9. The molecule has 1 unspecified atom stereocenters. The Hall–Kier alpha value is -1.10. The minimum absolute atomic E-state index is 0.0119. The maximum Gasteiger partial charge on any atom is 0.363 e. The van der Waals surface area contributed by atoms with Gasteiger partial charge < -0.3 is 4.84 Å². The fourth-order valence-corrected chi connectivity index (χ4v) is 8.95. The van der Waals surface area contributed by atoms with E-state index < -0.39 is 17.8 Å². The number of benzene rings is 1. The van der Waals surface area contributed by atoms with E-state index >= 15 is 0 Å². The molecule has 1 aromatic carbocycles. The first kappa shape index (κ1) is 25.5. The summed E-state index contributed by atoms with van der Waals surface area (Å²) in [5.41, 5.74) is 0.699. The van der Waals surface area contributed by atoms with E-state index in [-0.39, 0.29) is 32.8 Å². The molecule has 2 aliphatic rings. The van der Waals surface area contributed by atoms with E-state index in [1.165, 1.54) is 30.1 Å². The number of imide groups is 1. The summed E-state index contributed by atoms with van der Waals surface area (Å²) in [7, 11) is 0. The molecule has 2 heterocycles. The Balaban J connectivity index is 1.41. The first-order chi connectivity index (χ1) is 15.3. The monoisotopic (exact) mass is 513 g/mol. The van der Waals surface area contributed by atoms with Crippen molar-refractivity contribution in [2.24, 2.45) is 0 Å². The highest BCUT2D eigenvalue weighted by Gasteiger charge is 2.33. The summed E-state index contributed by atoms with van der Waals surface area (Å²) in [5.74, 6) is 2.66. The number of carbonyl (C=O) groups excluding carboxylic acids is 4. The van der Waals surface area contributed by atoms with Gasteiger partial charge in [-0.25, -0.2) is 4.79 Å². The van der Waals surface area contributed by atoms with Gasteiger partial charge in [0.2, 0.25) is 0 Å². The smallest absolute Gasteiger partial charge is 0.325 e. The van der Waals surface area contributed by atoms with Crippen LogP contribution in [-0.4, -0.2) is 60.3 Å². The van der Waals surface area contributed by atoms with Crippen molar-refractivity contribution in [2.45, 2.75) is 48.2 Å². The van der Waals surface area contributed by atoms with Gasteiger partial charge in [0.1, 0.15) is 3.41 Å². The maximum atomic E-state index is 12.7. The molecule has 0 aromatic heterocycles. The van der Waals surface area contributed by atoms with E-state index in [4.69, 9.17) is 4.84 Å². The third-order valence-corrected chi connectivity index (χ3v) is 11.4. The second-order valence-electron chi connectivity index (χ2n) is 7.53. The predicted molar refractivity (Wildman–Crippen MR) is 134 cm³/mol. The lowest BCUT2D eigenvalue weighted by atomic mass is 10.1. The molecular weight excluding hydrogens is 487 g/mol. The van der Waals surface area contributed by atoms with Crippen molar-refractivity contribution in [1.29, 1.82) is 0 Å². The van der Waals surface area contributed by atoms with Crippen molar-refractivity contribution < 1.29 is 24.0 Å². The quantitative estimate of drug-likeness (QED) is 0.247. The highest BCUT2D eigenvalue weighted by molar-refractivity contribution is 8.34. The van der Waals surface area contributed by atoms with E-state index in [9.17, 15) is 19.2 Å². The van der Waals surface area contributed by atoms with Crippen molar-refractivity contribution in [2.75, 3.05) is 23.0 Å². The molecule has 0 radical (unpaired) electrons. The van der Waals surface area contributed by atoms with Crippen LogP contribution in [0.4, 0.5) is 0 Å². The van der Waals surface area contributed by atoms with Gasteiger partial charge in [-0.15, -0.1) is 40.3 Å². The second kappa shape index (κ2) is 11.9. The summed E-state index contributed by atoms with van der Waals surface area (Å²) in [6, 6.07) is 6.12. The van der Waals surface area contributed by atoms with Crippen molar-refractivity contribution in [3.8, 4) is 0 Å². The summed E-state index contributed by atoms with van der Waals surface area (Å²) >= 11 is 7.74. The summed E-state index contributed by atoms with van der Waals surface area (Å²) in [5, 5.41) is 0.344. The lowest BCUT2D eigenvalue weighted by Gasteiger charge is -2.31. The molecule has 2 saturated heterocycles. The number of ketones is 1. The largest absolute Gasteiger partial charge is 0.363 e. The van der Waals surface area contributed by atoms with Gasteiger partial charge in [0.15, 0.2) is 5.78 Å². The zero-order valence-corrected chi connectivity index (χ0v) is 21.4. The van der Waals surface area contributed by atoms with Crippen LogP contribution in [0.15, 0.2) is 24.3 Å². The van der Waals surface area contributed by atoms with Gasteiger partial charge in [-0.1, -0.05) is 12.1 Å². The van der Waals surface area contributed by atoms with Crippen molar-refractivity contribution in [3.05, 3.63) is 35.4 Å². The van der Waals surface area contributed by atoms with Crippen molar-refractivity contribution >= 4 is 70.6 Å². The van der Waals surface area contributed by atoms with Gasteiger partial charge in [-0.3, -0.25) is 14.4 Å². The fourth-order valence-electron chi connectivity index (χ4n) is 3.15. The first-order valence-electron chi connectivity index (χ1n) is 10.5. The Kier molecular flexibility index (Phi) is 9.45. The highest BCUT2D eigenvalue weighted by atomic mass is 32.3. The standard InChI is InChI=1S/C22H27NO5S4/c1-15(29-11-3-12-30-22(2)31-13-4-14-32-22)20(26)16-5-7-17(8-6-16)21(27)28-23-18(24)9-10-19(23)25/h5-8,15H,3-4,9-14H2,1-2H3. The van der Waals surface area contributed by atoms with Crippen LogP contribution in [0.25, 0.3) is 0 Å². The minimum atomic E-state index is -0.796. The number of rotatable bonds is 10. The third-order valence-electron chi connectivity index (χ3n) is 4.99. The number of carbonyl (C=O) groups is 4. The van der Waals surface area contributed by atoms with Crippen LogP contribution < -0.4 is 0 Å². The number of hydrogen-bond donors (Lipinski definition) is 0. The maximum absolute atomic E-state index is 12.7. The van der Waals surface area contributed by atoms with Crippen LogP contribution in [0.3, 0.4) is 0 Å². The number of nitrogens with zero attached hydrogens (tertiary/aromatic N) is 1. The Morgan fingerprint density at radius 3 is 2.28 bits per heavy atom. The van der Waals surface area contributed by atoms with Crippen LogP contribution in [0, 0.1) is 0 Å². The number of amides is 2. The van der Waals surface area contributed by atoms with Gasteiger partial charge in [-0.05, 0) is 61.8 Å². The molecule has 0 spiro atoms. The van der Waals surface area contributed by atoms with E-state index in [0.717, 1.165) is 17.9 Å². The fraction of sp³-hybridized carbons (Fsp3) is 0.545. The molecule has 0 N–H and O–H groups in total. The number of Topliss-reactive ketones (excluding diaryl/α,β-unsaturated/α-hetero) is 1. The molecule has 2 amide bonds. The summed E-state index contributed by atoms with van der Waals surface area (Å²) in [6.45, 7) is 4.22. The van der Waals surface area contributed by atoms with Gasteiger partial charge in [-0.2, -0.15) is 11.8 Å². The molecule has 0 aliphatic carbocycles. The van der Waals surface area contributed by atoms with Crippen molar-refractivity contribution in [3.63, 3.8) is 0 Å². The molecule has 2 fully saturated rings. The zero-order chi connectivity index (χ0) is 23.1. The van der Waals surface area contributed by atoms with Crippen LogP contribution in [0.5, 0.6) is 0 Å². The molecule has 0 bridgehead atoms. The van der Waals surface area contributed by atoms with E-state index in [1.54, 1.807) is 23.9 Å². The average molecular weight is 514 g/mol. The number of hydroxylamine groups is 2. The Morgan fingerprint density at radius 2 is 1.66 bits per heavy atom. The molecule has 174 valence electrons. The Morgan fingerprint density at radius 1 is 1.06 bits per heavy atom. The van der Waals surface area contributed by atoms with Gasteiger partial charge in [0, 0.05) is 18.4 Å². The molecule has 3 rings (SSSR count). The van der Waals surface area contributed by atoms with E-state index in [1.807, 2.05) is 42.2 Å². The number of thioether (sulfide) groups is 4. The average Bonchev–Trinajstić information content (AvgIpc) is 3.10. The molecule has 6 nitrogen and oxygen atoms in total. The summed E-state index contributed by atoms with van der Waals surface area (Å²) in [6.07, 6.45) is 2.44. The summed E-state index contributed by atoms with van der Waals surface area (Å²) < 4.78 is 0.266. The highest BCUT2D eigenvalue weighted by Crippen LogP contribution is 2.50. The molecule has 1 atom stereocenters. The molecule has 1 aromatic rings. The Labute approximate surface area is 205 Å². The van der Waals surface area contributed by atoms with Gasteiger partial charge in [0.05, 0.1) is 10.8 Å². The lowest BCUT2D eigenvalue weighted by Crippen LogP contribution is -2.32. The van der Waals surface area contributed by atoms with Crippen molar-refractivity contribution in [1.82, 2.24) is 5.06 Å². The zero-order valence-electron chi connectivity index (χ0n) is 18.2. The molecule has 0 saturated carbocycles. The minimum Gasteiger partial charge on any atom is -0.325 e. The third kappa shape index (κ3) is 6.95. The molecule has 2 aliphatic heterocycles. The molecule has 10 heteroatoms. The predicted octanol–water partition coefficient (Wildman–Crippen LogP) is 4.88. The second-order valence-corrected chi connectivity index (χ2v) is 14.3. The normalized spacial score (nSPS) is 19.1. The lowest BCUT2D eigenvalue weighted by molar-refractivity contribution is -0.172. The van der Waals surface area contributed by atoms with Crippen LogP contribution in [0.2, 0.25) is 0 Å². The number of hydrogen-bond acceptors (Lipinski definition) is 9. The van der Waals surface area contributed by atoms with Gasteiger partial charge in [0.25, 0.3) is 11.8 Å². The van der Waals surface area contributed by atoms with Crippen LogP contribution in [-0.2, 0) is 14.4 Å². The van der Waals surface area contributed by atoms with Crippen LogP contribution >= 0.6 is 47.0 Å². The molecule has 32 heavy (non-hydrogen) atoms. The van der Waals surface area contributed by atoms with Gasteiger partial charge >= 0.3 is 5.97 Å². The topological polar surface area (TPSA) is 80.8 Å². The first-order valence-corrected chi connectivity index (χ1v) is 14.6. The SMILES string of the molecule is CC(SCCCSC1(C)SCCCS1)C(=O)c1ccc(C(=O)ON2C(=O)CCC2=O)cc1. The van der Waals surface area contributed by atoms with E-state index in [0.29, 0.717) is 10.6 Å². The Bertz CT molecular complexity index is 838. The molecular formula is C22H27NO5S4. The van der Waals surface area contributed by atoms with E-state index in [2.05, 4.69) is 6.92 Å².